The molecule has 0 fully saturated rings. The van der Waals surface area contributed by atoms with Gasteiger partial charge in [0.05, 0.1) is 18.0 Å². The van der Waals surface area contributed by atoms with Gasteiger partial charge in [-0.25, -0.2) is 4.39 Å². The molecule has 0 aliphatic rings. The van der Waals surface area contributed by atoms with E-state index < -0.39 is 11.7 Å². The molecular formula is C17H15FN6O2S. The Morgan fingerprint density at radius 2 is 1.78 bits per heavy atom. The highest BCUT2D eigenvalue weighted by molar-refractivity contribution is 7.99. The summed E-state index contributed by atoms with van der Waals surface area (Å²) in [6.45, 7) is -0.194. The number of halogens is 1. The minimum Gasteiger partial charge on any atom is -0.346 e. The molecule has 3 rings (SSSR count). The summed E-state index contributed by atoms with van der Waals surface area (Å²) >= 11 is 1.16. The largest absolute Gasteiger partial charge is 0.346 e. The van der Waals surface area contributed by atoms with Gasteiger partial charge in [0.2, 0.25) is 17.0 Å². The first kappa shape index (κ1) is 18.5. The molecular weight excluding hydrogens is 371 g/mol. The fourth-order valence-corrected chi connectivity index (χ4v) is 2.82. The van der Waals surface area contributed by atoms with Crippen LogP contribution in [0.15, 0.2) is 59.8 Å². The Bertz CT molecular complexity index is 917. The van der Waals surface area contributed by atoms with Crippen LogP contribution in [0.3, 0.4) is 0 Å². The Labute approximate surface area is 158 Å². The number of tetrazole rings is 1. The van der Waals surface area contributed by atoms with E-state index in [1.54, 1.807) is 0 Å². The molecule has 10 heteroatoms. The molecule has 0 unspecified atom stereocenters. The average Bonchev–Trinajstić information content (AvgIpc) is 3.16. The number of rotatable bonds is 7. The maximum Gasteiger partial charge on any atom is 0.243 e. The van der Waals surface area contributed by atoms with Crippen molar-refractivity contribution in [3.63, 3.8) is 0 Å². The van der Waals surface area contributed by atoms with Crippen LogP contribution < -0.4 is 10.6 Å². The van der Waals surface area contributed by atoms with Crippen molar-refractivity contribution in [3.8, 4) is 5.69 Å². The fraction of sp³-hybridized carbons (Fsp3) is 0.118. The van der Waals surface area contributed by atoms with Crippen LogP contribution in [0.4, 0.5) is 10.1 Å². The molecule has 0 saturated carbocycles. The summed E-state index contributed by atoms with van der Waals surface area (Å²) in [5.41, 5.74) is 1.23. The lowest BCUT2D eigenvalue weighted by molar-refractivity contribution is -0.122. The predicted molar refractivity (Wildman–Crippen MR) is 97.9 cm³/mol. The molecule has 2 amide bonds. The van der Waals surface area contributed by atoms with Crippen LogP contribution in [-0.2, 0) is 9.59 Å². The highest BCUT2D eigenvalue weighted by atomic mass is 32.2. The number of nitrogens with one attached hydrogen (secondary N) is 2. The Kier molecular flexibility index (Phi) is 6.10. The normalized spacial score (nSPS) is 10.4. The molecule has 0 bridgehead atoms. The van der Waals surface area contributed by atoms with E-state index in [4.69, 9.17) is 0 Å². The Morgan fingerprint density at radius 1 is 1.04 bits per heavy atom. The van der Waals surface area contributed by atoms with E-state index in [0.29, 0.717) is 10.8 Å². The zero-order valence-corrected chi connectivity index (χ0v) is 14.8. The van der Waals surface area contributed by atoms with Gasteiger partial charge in [0.1, 0.15) is 5.82 Å². The van der Waals surface area contributed by atoms with Crippen LogP contribution in [-0.4, -0.2) is 44.3 Å². The van der Waals surface area contributed by atoms with Gasteiger partial charge >= 0.3 is 0 Å². The summed E-state index contributed by atoms with van der Waals surface area (Å²) in [6.07, 6.45) is 0. The molecule has 27 heavy (non-hydrogen) atoms. The maximum absolute atomic E-state index is 12.8. The zero-order valence-electron chi connectivity index (χ0n) is 14.0. The van der Waals surface area contributed by atoms with Gasteiger partial charge in [-0.3, -0.25) is 9.59 Å². The van der Waals surface area contributed by atoms with Crippen LogP contribution >= 0.6 is 11.8 Å². The third-order valence-electron chi connectivity index (χ3n) is 3.35. The van der Waals surface area contributed by atoms with Gasteiger partial charge in [-0.1, -0.05) is 30.0 Å². The summed E-state index contributed by atoms with van der Waals surface area (Å²) in [5.74, 6) is -1.08. The third kappa shape index (κ3) is 5.35. The van der Waals surface area contributed by atoms with Crippen LogP contribution in [0, 0.1) is 5.82 Å². The summed E-state index contributed by atoms with van der Waals surface area (Å²) in [5, 5.41) is 17.0. The monoisotopic (exact) mass is 386 g/mol. The van der Waals surface area contributed by atoms with Gasteiger partial charge in [0.25, 0.3) is 0 Å². The van der Waals surface area contributed by atoms with Crippen molar-refractivity contribution in [2.75, 3.05) is 17.6 Å². The van der Waals surface area contributed by atoms with Crippen molar-refractivity contribution in [1.82, 2.24) is 25.5 Å². The van der Waals surface area contributed by atoms with Crippen molar-refractivity contribution in [2.45, 2.75) is 5.16 Å². The lowest BCUT2D eigenvalue weighted by atomic mass is 10.3. The number of benzene rings is 2. The number of amides is 2. The smallest absolute Gasteiger partial charge is 0.243 e. The zero-order chi connectivity index (χ0) is 19.1. The van der Waals surface area contributed by atoms with Crippen LogP contribution in [0.1, 0.15) is 0 Å². The first-order chi connectivity index (χ1) is 13.1. The molecule has 0 aliphatic carbocycles. The van der Waals surface area contributed by atoms with Crippen LogP contribution in [0.25, 0.3) is 5.69 Å². The van der Waals surface area contributed by atoms with E-state index in [-0.39, 0.29) is 18.2 Å². The topological polar surface area (TPSA) is 102 Å². The van der Waals surface area contributed by atoms with Gasteiger partial charge < -0.3 is 10.6 Å². The van der Waals surface area contributed by atoms with Crippen molar-refractivity contribution in [2.24, 2.45) is 0 Å². The lowest BCUT2D eigenvalue weighted by Crippen LogP contribution is -2.33. The predicted octanol–water partition coefficient (Wildman–Crippen LogP) is 1.65. The SMILES string of the molecule is O=C(CSc1nnnn1-c1ccccc1)NCC(=O)Nc1ccc(F)cc1. The van der Waals surface area contributed by atoms with E-state index in [1.807, 2.05) is 30.3 Å². The highest BCUT2D eigenvalue weighted by Crippen LogP contribution is 2.17. The molecule has 0 atom stereocenters. The molecule has 0 aliphatic heterocycles. The third-order valence-corrected chi connectivity index (χ3v) is 4.27. The molecule has 138 valence electrons. The summed E-state index contributed by atoms with van der Waals surface area (Å²) in [4.78, 5) is 23.8. The molecule has 2 N–H and O–H groups in total. The standard InChI is InChI=1S/C17H15FN6O2S/c18-12-6-8-13(9-7-12)20-15(25)10-19-16(26)11-27-17-21-22-23-24(17)14-4-2-1-3-5-14/h1-9H,10-11H2,(H,19,26)(H,20,25). The second kappa shape index (κ2) is 8.90. The van der Waals surface area contributed by atoms with Gasteiger partial charge in [0.15, 0.2) is 0 Å². The molecule has 0 radical (unpaired) electrons. The Balaban J connectivity index is 1.46. The minimum atomic E-state index is -0.408. The molecule has 0 spiro atoms. The van der Waals surface area contributed by atoms with Crippen LogP contribution in [0.5, 0.6) is 0 Å². The summed E-state index contributed by atoms with van der Waals surface area (Å²) in [6, 6.07) is 14.6. The number of thioether (sulfide) groups is 1. The van der Waals surface area contributed by atoms with E-state index in [0.717, 1.165) is 17.4 Å². The van der Waals surface area contributed by atoms with Gasteiger partial charge in [-0.15, -0.1) is 5.10 Å². The van der Waals surface area contributed by atoms with Crippen molar-refractivity contribution in [1.29, 1.82) is 0 Å². The van der Waals surface area contributed by atoms with Gasteiger partial charge in [-0.05, 0) is 46.8 Å². The number of aromatic nitrogens is 4. The number of carbonyl (C=O) groups is 2. The first-order valence-electron chi connectivity index (χ1n) is 7.90. The van der Waals surface area contributed by atoms with E-state index in [2.05, 4.69) is 26.2 Å². The van der Waals surface area contributed by atoms with E-state index >= 15 is 0 Å². The maximum atomic E-state index is 12.8. The van der Waals surface area contributed by atoms with Gasteiger partial charge in [-0.2, -0.15) is 4.68 Å². The molecule has 8 nitrogen and oxygen atoms in total. The fourth-order valence-electron chi connectivity index (χ4n) is 2.10. The highest BCUT2D eigenvalue weighted by Gasteiger charge is 2.12. The van der Waals surface area contributed by atoms with Crippen molar-refractivity contribution < 1.29 is 14.0 Å². The quantitative estimate of drug-likeness (QED) is 0.599. The van der Waals surface area contributed by atoms with Gasteiger partial charge in [0, 0.05) is 5.69 Å². The number of anilines is 1. The van der Waals surface area contributed by atoms with Crippen molar-refractivity contribution in [3.05, 3.63) is 60.4 Å². The minimum absolute atomic E-state index is 0.0526. The number of hydrogen-bond acceptors (Lipinski definition) is 6. The summed E-state index contributed by atoms with van der Waals surface area (Å²) in [7, 11) is 0. The molecule has 3 aromatic rings. The molecule has 2 aromatic carbocycles. The Morgan fingerprint density at radius 3 is 2.52 bits per heavy atom. The van der Waals surface area contributed by atoms with Crippen molar-refractivity contribution >= 4 is 29.3 Å². The molecule has 1 aromatic heterocycles. The Hall–Kier alpha value is -3.27. The molecule has 1 heterocycles. The summed E-state index contributed by atoms with van der Waals surface area (Å²) < 4.78 is 14.4. The second-order valence-electron chi connectivity index (χ2n) is 5.33. The van der Waals surface area contributed by atoms with E-state index in [1.165, 1.54) is 28.9 Å². The van der Waals surface area contributed by atoms with Crippen LogP contribution in [0.2, 0.25) is 0 Å². The number of nitrogens with zero attached hydrogens (tertiary/aromatic N) is 4. The number of para-hydroxylation sites is 1. The van der Waals surface area contributed by atoms with E-state index in [9.17, 15) is 14.0 Å². The average molecular weight is 386 g/mol. The number of carbonyl (C=O) groups excluding carboxylic acids is 2. The second-order valence-corrected chi connectivity index (χ2v) is 6.27. The molecule has 0 saturated heterocycles. The first-order valence-corrected chi connectivity index (χ1v) is 8.89. The number of hydrogen-bond donors (Lipinski definition) is 2. The lowest BCUT2D eigenvalue weighted by Gasteiger charge is -2.07.